The van der Waals surface area contributed by atoms with E-state index in [2.05, 4.69) is 16.5 Å². The number of rotatable bonds is 5. The first-order valence-corrected chi connectivity index (χ1v) is 4.97. The van der Waals surface area contributed by atoms with Crippen LogP contribution in [0.4, 0.5) is 0 Å². The van der Waals surface area contributed by atoms with E-state index in [9.17, 15) is 0 Å². The highest BCUT2D eigenvalue weighted by Gasteiger charge is 2.11. The maximum Gasteiger partial charge on any atom is 0.0949 e. The van der Waals surface area contributed by atoms with Gasteiger partial charge in [0.1, 0.15) is 0 Å². The van der Waals surface area contributed by atoms with Crippen molar-refractivity contribution in [2.45, 2.75) is 39.0 Å². The molecule has 14 heavy (non-hydrogen) atoms. The molecule has 0 radical (unpaired) electrons. The fourth-order valence-corrected chi connectivity index (χ4v) is 1.35. The summed E-state index contributed by atoms with van der Waals surface area (Å²) in [7, 11) is 1.71. The summed E-state index contributed by atoms with van der Waals surface area (Å²) >= 11 is 0. The van der Waals surface area contributed by atoms with Gasteiger partial charge in [-0.1, -0.05) is 6.92 Å². The van der Waals surface area contributed by atoms with Crippen LogP contribution in [-0.2, 0) is 11.3 Å². The number of nitrogens with two attached hydrogens (primary N) is 1. The average Bonchev–Trinajstić information content (AvgIpc) is 2.64. The SMILES string of the molecule is CC[C@@H](N)c1cncn1CC(C)OC. The van der Waals surface area contributed by atoms with Crippen LogP contribution in [0.1, 0.15) is 32.0 Å². The highest BCUT2D eigenvalue weighted by Crippen LogP contribution is 2.13. The summed E-state index contributed by atoms with van der Waals surface area (Å²) in [6.07, 6.45) is 4.75. The highest BCUT2D eigenvalue weighted by molar-refractivity contribution is 5.04. The number of nitrogens with zero attached hydrogens (tertiary/aromatic N) is 2. The van der Waals surface area contributed by atoms with Crippen molar-refractivity contribution >= 4 is 0 Å². The van der Waals surface area contributed by atoms with Crippen molar-refractivity contribution in [3.8, 4) is 0 Å². The molecular formula is C10H19N3O. The number of ether oxygens (including phenoxy) is 1. The molecule has 2 N–H and O–H groups in total. The van der Waals surface area contributed by atoms with Gasteiger partial charge < -0.3 is 15.0 Å². The lowest BCUT2D eigenvalue weighted by atomic mass is 10.2. The van der Waals surface area contributed by atoms with Crippen LogP contribution in [-0.4, -0.2) is 22.8 Å². The summed E-state index contributed by atoms with van der Waals surface area (Å²) in [4.78, 5) is 4.11. The van der Waals surface area contributed by atoms with E-state index in [0.29, 0.717) is 0 Å². The van der Waals surface area contributed by atoms with Crippen molar-refractivity contribution < 1.29 is 4.74 Å². The minimum absolute atomic E-state index is 0.0709. The van der Waals surface area contributed by atoms with Crippen LogP contribution < -0.4 is 5.73 Å². The number of methoxy groups -OCH3 is 1. The van der Waals surface area contributed by atoms with Gasteiger partial charge in [0, 0.05) is 25.9 Å². The van der Waals surface area contributed by atoms with Crippen LogP contribution >= 0.6 is 0 Å². The first-order chi connectivity index (χ1) is 6.69. The van der Waals surface area contributed by atoms with Crippen LogP contribution in [0, 0.1) is 0 Å². The van der Waals surface area contributed by atoms with Crippen molar-refractivity contribution in [1.82, 2.24) is 9.55 Å². The van der Waals surface area contributed by atoms with Gasteiger partial charge in [0.05, 0.1) is 18.1 Å². The fourth-order valence-electron chi connectivity index (χ4n) is 1.35. The minimum Gasteiger partial charge on any atom is -0.380 e. The third kappa shape index (κ3) is 2.56. The molecule has 4 nitrogen and oxygen atoms in total. The van der Waals surface area contributed by atoms with Crippen LogP contribution in [0.15, 0.2) is 12.5 Å². The summed E-state index contributed by atoms with van der Waals surface area (Å²) in [6.45, 7) is 4.91. The third-order valence-electron chi connectivity index (χ3n) is 2.42. The molecule has 0 spiro atoms. The Hall–Kier alpha value is -0.870. The zero-order chi connectivity index (χ0) is 10.6. The molecule has 0 saturated heterocycles. The smallest absolute Gasteiger partial charge is 0.0949 e. The molecule has 0 aliphatic rings. The Morgan fingerprint density at radius 3 is 2.93 bits per heavy atom. The summed E-state index contributed by atoms with van der Waals surface area (Å²) in [5.41, 5.74) is 7.04. The Kier molecular flexibility index (Phi) is 4.10. The monoisotopic (exact) mass is 197 g/mol. The molecule has 0 amide bonds. The Labute approximate surface area is 85.1 Å². The van der Waals surface area contributed by atoms with E-state index in [1.54, 1.807) is 13.4 Å². The zero-order valence-electron chi connectivity index (χ0n) is 9.10. The molecule has 0 fully saturated rings. The molecular weight excluding hydrogens is 178 g/mol. The van der Waals surface area contributed by atoms with E-state index in [-0.39, 0.29) is 12.1 Å². The van der Waals surface area contributed by atoms with Gasteiger partial charge >= 0.3 is 0 Å². The molecule has 1 heterocycles. The van der Waals surface area contributed by atoms with Crippen molar-refractivity contribution in [3.05, 3.63) is 18.2 Å². The van der Waals surface area contributed by atoms with Gasteiger partial charge in [-0.25, -0.2) is 4.98 Å². The summed E-state index contributed by atoms with van der Waals surface area (Å²) in [6, 6.07) is 0.0709. The molecule has 0 aromatic carbocycles. The Bertz CT molecular complexity index is 272. The van der Waals surface area contributed by atoms with Gasteiger partial charge in [-0.2, -0.15) is 0 Å². The van der Waals surface area contributed by atoms with Crippen molar-refractivity contribution in [3.63, 3.8) is 0 Å². The van der Waals surface area contributed by atoms with Crippen molar-refractivity contribution in [1.29, 1.82) is 0 Å². The molecule has 80 valence electrons. The third-order valence-corrected chi connectivity index (χ3v) is 2.42. The normalized spacial score (nSPS) is 15.4. The first-order valence-electron chi connectivity index (χ1n) is 4.97. The molecule has 4 heteroatoms. The van der Waals surface area contributed by atoms with Gasteiger partial charge in [0.2, 0.25) is 0 Å². The van der Waals surface area contributed by atoms with E-state index < -0.39 is 0 Å². The van der Waals surface area contributed by atoms with E-state index in [1.165, 1.54) is 0 Å². The van der Waals surface area contributed by atoms with Gasteiger partial charge in [0.15, 0.2) is 0 Å². The fraction of sp³-hybridized carbons (Fsp3) is 0.700. The maximum atomic E-state index is 5.96. The maximum absolute atomic E-state index is 5.96. The van der Waals surface area contributed by atoms with Gasteiger partial charge in [-0.15, -0.1) is 0 Å². The first kappa shape index (κ1) is 11.2. The summed E-state index contributed by atoms with van der Waals surface area (Å²) in [5, 5.41) is 0. The van der Waals surface area contributed by atoms with Crippen LogP contribution in [0.3, 0.4) is 0 Å². The molecule has 1 unspecified atom stereocenters. The van der Waals surface area contributed by atoms with E-state index in [4.69, 9.17) is 10.5 Å². The van der Waals surface area contributed by atoms with Gasteiger partial charge in [0.25, 0.3) is 0 Å². The highest BCUT2D eigenvalue weighted by atomic mass is 16.5. The number of hydrogen-bond acceptors (Lipinski definition) is 3. The quantitative estimate of drug-likeness (QED) is 0.774. The average molecular weight is 197 g/mol. The molecule has 0 saturated carbocycles. The predicted octanol–water partition coefficient (Wildman–Crippen LogP) is 1.33. The van der Waals surface area contributed by atoms with Crippen LogP contribution in [0.5, 0.6) is 0 Å². The molecule has 1 aromatic rings. The lowest BCUT2D eigenvalue weighted by molar-refractivity contribution is 0.102. The predicted molar refractivity (Wildman–Crippen MR) is 55.9 cm³/mol. The van der Waals surface area contributed by atoms with Crippen molar-refractivity contribution in [2.75, 3.05) is 7.11 Å². The molecule has 1 aromatic heterocycles. The molecule has 0 bridgehead atoms. The standard InChI is InChI=1S/C10H19N3O/c1-4-9(11)10-5-12-7-13(10)6-8(2)14-3/h5,7-9H,4,6,11H2,1-3H3/t8?,9-/m1/s1. The number of aromatic nitrogens is 2. The molecule has 0 aliphatic heterocycles. The molecule has 2 atom stereocenters. The molecule has 0 aliphatic carbocycles. The Balaban J connectivity index is 2.72. The largest absolute Gasteiger partial charge is 0.380 e. The van der Waals surface area contributed by atoms with Crippen LogP contribution in [0.25, 0.3) is 0 Å². The van der Waals surface area contributed by atoms with Gasteiger partial charge in [-0.3, -0.25) is 0 Å². The van der Waals surface area contributed by atoms with Crippen LogP contribution in [0.2, 0.25) is 0 Å². The lowest BCUT2D eigenvalue weighted by Crippen LogP contribution is -2.20. The van der Waals surface area contributed by atoms with E-state index >= 15 is 0 Å². The van der Waals surface area contributed by atoms with E-state index in [1.807, 2.05) is 13.1 Å². The second-order valence-electron chi connectivity index (χ2n) is 3.53. The van der Waals surface area contributed by atoms with Crippen molar-refractivity contribution in [2.24, 2.45) is 5.73 Å². The number of imidazole rings is 1. The summed E-state index contributed by atoms with van der Waals surface area (Å²) < 4.78 is 7.26. The lowest BCUT2D eigenvalue weighted by Gasteiger charge is -2.15. The second kappa shape index (κ2) is 5.12. The van der Waals surface area contributed by atoms with Gasteiger partial charge in [-0.05, 0) is 13.3 Å². The number of hydrogen-bond donors (Lipinski definition) is 1. The topological polar surface area (TPSA) is 53.1 Å². The zero-order valence-corrected chi connectivity index (χ0v) is 9.10. The van der Waals surface area contributed by atoms with E-state index in [0.717, 1.165) is 18.7 Å². The molecule has 1 rings (SSSR count). The Morgan fingerprint density at radius 2 is 2.36 bits per heavy atom. The summed E-state index contributed by atoms with van der Waals surface area (Å²) in [5.74, 6) is 0. The second-order valence-corrected chi connectivity index (χ2v) is 3.53. The minimum atomic E-state index is 0.0709. The Morgan fingerprint density at radius 1 is 1.64 bits per heavy atom.